The Kier molecular flexibility index (Phi) is 2.80. The molecule has 0 unspecified atom stereocenters. The van der Waals surface area contributed by atoms with Crippen LogP contribution in [0.5, 0.6) is 0 Å². The Morgan fingerprint density at radius 2 is 2.12 bits per heavy atom. The highest BCUT2D eigenvalue weighted by Crippen LogP contribution is 2.41. The maximum atomic E-state index is 13.3. The van der Waals surface area contributed by atoms with E-state index in [1.54, 1.807) is 0 Å². The molecule has 1 aliphatic rings. The van der Waals surface area contributed by atoms with Crippen LogP contribution in [-0.2, 0) is 4.79 Å². The molecule has 88 valence electrons. The number of hydrogen-bond acceptors (Lipinski definition) is 2. The molecule has 17 heavy (non-hydrogen) atoms. The van der Waals surface area contributed by atoms with Crippen LogP contribution >= 0.6 is 0 Å². The number of nitrogens with one attached hydrogen (secondary N) is 1. The van der Waals surface area contributed by atoms with Crippen LogP contribution in [0.25, 0.3) is 0 Å². The van der Waals surface area contributed by atoms with Gasteiger partial charge in [0.2, 0.25) is 5.91 Å². The molecule has 2 rings (SSSR count). The average Bonchev–Trinajstić information content (AvgIpc) is 2.24. The molecule has 0 atom stereocenters. The molecule has 0 saturated heterocycles. The van der Waals surface area contributed by atoms with Crippen LogP contribution in [-0.4, -0.2) is 5.91 Å². The quantitative estimate of drug-likeness (QED) is 0.858. The van der Waals surface area contributed by atoms with Crippen LogP contribution in [0, 0.1) is 28.4 Å². The molecule has 0 aliphatic heterocycles. The van der Waals surface area contributed by atoms with Gasteiger partial charge in [0, 0.05) is 0 Å². The predicted octanol–water partition coefficient (Wildman–Crippen LogP) is 2.60. The number of anilines is 1. The monoisotopic (exact) mass is 236 g/mol. The summed E-state index contributed by atoms with van der Waals surface area (Å²) < 4.78 is 26.2. The van der Waals surface area contributed by atoms with Crippen molar-refractivity contribution in [3.8, 4) is 6.07 Å². The van der Waals surface area contributed by atoms with Crippen molar-refractivity contribution in [1.29, 1.82) is 5.26 Å². The lowest BCUT2D eigenvalue weighted by Crippen LogP contribution is -2.40. The van der Waals surface area contributed by atoms with Gasteiger partial charge in [-0.05, 0) is 31.4 Å². The first-order valence-corrected chi connectivity index (χ1v) is 5.26. The third-order valence-electron chi connectivity index (χ3n) is 3.06. The molecule has 5 heteroatoms. The van der Waals surface area contributed by atoms with Crippen molar-refractivity contribution in [2.45, 2.75) is 19.3 Å². The number of nitrogens with zero attached hydrogens (tertiary/aromatic N) is 1. The van der Waals surface area contributed by atoms with Gasteiger partial charge < -0.3 is 5.32 Å². The standard InChI is InChI=1S/C12H10F2N2O/c13-8-3-1-4-9(10(8)14)16-11(17)12(7-15)5-2-6-12/h1,3-4H,2,5-6H2,(H,16,17). The minimum Gasteiger partial charge on any atom is -0.322 e. The number of nitriles is 1. The molecular formula is C12H10F2N2O. The zero-order valence-electron chi connectivity index (χ0n) is 8.96. The largest absolute Gasteiger partial charge is 0.322 e. The van der Waals surface area contributed by atoms with Gasteiger partial charge in [0.25, 0.3) is 0 Å². The van der Waals surface area contributed by atoms with Crippen molar-refractivity contribution < 1.29 is 13.6 Å². The minimum absolute atomic E-state index is 0.225. The normalized spacial score (nSPS) is 16.8. The molecule has 1 saturated carbocycles. The maximum absolute atomic E-state index is 13.3. The van der Waals surface area contributed by atoms with Gasteiger partial charge in [-0.2, -0.15) is 5.26 Å². The fourth-order valence-electron chi connectivity index (χ4n) is 1.76. The molecule has 1 aromatic carbocycles. The lowest BCUT2D eigenvalue weighted by atomic mass is 9.69. The van der Waals surface area contributed by atoms with E-state index in [0.29, 0.717) is 12.8 Å². The Labute approximate surface area is 97.1 Å². The van der Waals surface area contributed by atoms with Gasteiger partial charge >= 0.3 is 0 Å². The highest BCUT2D eigenvalue weighted by atomic mass is 19.2. The van der Waals surface area contributed by atoms with E-state index in [-0.39, 0.29) is 5.69 Å². The first-order valence-electron chi connectivity index (χ1n) is 5.26. The number of hydrogen-bond donors (Lipinski definition) is 1. The van der Waals surface area contributed by atoms with Gasteiger partial charge in [-0.3, -0.25) is 4.79 Å². The average molecular weight is 236 g/mol. The highest BCUT2D eigenvalue weighted by molar-refractivity contribution is 5.97. The zero-order chi connectivity index (χ0) is 12.5. The van der Waals surface area contributed by atoms with E-state index in [9.17, 15) is 13.6 Å². The van der Waals surface area contributed by atoms with E-state index in [0.717, 1.165) is 12.5 Å². The summed E-state index contributed by atoms with van der Waals surface area (Å²) in [5, 5.41) is 11.2. The number of benzene rings is 1. The molecule has 0 radical (unpaired) electrons. The molecule has 3 nitrogen and oxygen atoms in total. The van der Waals surface area contributed by atoms with E-state index in [1.807, 2.05) is 6.07 Å². The molecule has 1 aliphatic carbocycles. The van der Waals surface area contributed by atoms with Gasteiger partial charge in [0.1, 0.15) is 5.41 Å². The van der Waals surface area contributed by atoms with Crippen molar-refractivity contribution >= 4 is 11.6 Å². The second kappa shape index (κ2) is 4.13. The number of rotatable bonds is 2. The van der Waals surface area contributed by atoms with E-state index in [4.69, 9.17) is 5.26 Å². The predicted molar refractivity (Wildman–Crippen MR) is 56.9 cm³/mol. The molecule has 1 amide bonds. The van der Waals surface area contributed by atoms with Crippen molar-refractivity contribution in [1.82, 2.24) is 0 Å². The van der Waals surface area contributed by atoms with Crippen LogP contribution in [0.2, 0.25) is 0 Å². The fraction of sp³-hybridized carbons (Fsp3) is 0.333. The van der Waals surface area contributed by atoms with E-state index in [2.05, 4.69) is 5.32 Å². The van der Waals surface area contributed by atoms with Crippen molar-refractivity contribution in [2.75, 3.05) is 5.32 Å². The van der Waals surface area contributed by atoms with Crippen LogP contribution in [0.1, 0.15) is 19.3 Å². The first-order chi connectivity index (χ1) is 8.09. The third kappa shape index (κ3) is 1.86. The Hall–Kier alpha value is -1.96. The Morgan fingerprint density at radius 3 is 2.65 bits per heavy atom. The van der Waals surface area contributed by atoms with Gasteiger partial charge in [-0.1, -0.05) is 6.07 Å². The second-order valence-electron chi connectivity index (χ2n) is 4.10. The Bertz CT molecular complexity index is 504. The summed E-state index contributed by atoms with van der Waals surface area (Å²) in [6.07, 6.45) is 1.73. The molecule has 1 aromatic rings. The molecule has 1 N–H and O–H groups in total. The van der Waals surface area contributed by atoms with E-state index >= 15 is 0 Å². The molecule has 1 fully saturated rings. The van der Waals surface area contributed by atoms with Crippen LogP contribution in [0.15, 0.2) is 18.2 Å². The van der Waals surface area contributed by atoms with Gasteiger partial charge in [0.05, 0.1) is 11.8 Å². The number of carbonyl (C=O) groups excluding carboxylic acids is 1. The van der Waals surface area contributed by atoms with E-state index < -0.39 is 23.0 Å². The van der Waals surface area contributed by atoms with Gasteiger partial charge in [0.15, 0.2) is 11.6 Å². The van der Waals surface area contributed by atoms with Crippen molar-refractivity contribution in [3.05, 3.63) is 29.8 Å². The number of halogens is 2. The Morgan fingerprint density at radius 1 is 1.41 bits per heavy atom. The maximum Gasteiger partial charge on any atom is 0.244 e. The first kappa shape index (κ1) is 11.5. The summed E-state index contributed by atoms with van der Waals surface area (Å²) in [4.78, 5) is 11.8. The summed E-state index contributed by atoms with van der Waals surface area (Å²) in [6, 6.07) is 5.47. The molecule has 0 aromatic heterocycles. The van der Waals surface area contributed by atoms with Crippen molar-refractivity contribution in [3.63, 3.8) is 0 Å². The molecule has 0 bridgehead atoms. The van der Waals surface area contributed by atoms with Crippen LogP contribution < -0.4 is 5.32 Å². The second-order valence-corrected chi connectivity index (χ2v) is 4.10. The summed E-state index contributed by atoms with van der Waals surface area (Å²) in [6.45, 7) is 0. The topological polar surface area (TPSA) is 52.9 Å². The highest BCUT2D eigenvalue weighted by Gasteiger charge is 2.44. The number of amides is 1. The minimum atomic E-state index is -1.10. The summed E-state index contributed by atoms with van der Waals surface area (Å²) >= 11 is 0. The fourth-order valence-corrected chi connectivity index (χ4v) is 1.76. The Balaban J connectivity index is 2.19. The lowest BCUT2D eigenvalue weighted by molar-refractivity contribution is -0.126. The lowest BCUT2D eigenvalue weighted by Gasteiger charge is -2.33. The third-order valence-corrected chi connectivity index (χ3v) is 3.06. The number of carbonyl (C=O) groups is 1. The molecule has 0 spiro atoms. The zero-order valence-corrected chi connectivity index (χ0v) is 8.96. The van der Waals surface area contributed by atoms with Gasteiger partial charge in [-0.25, -0.2) is 8.78 Å². The summed E-state index contributed by atoms with van der Waals surface area (Å²) in [5.41, 5.74) is -1.30. The molecular weight excluding hydrogens is 226 g/mol. The van der Waals surface area contributed by atoms with Crippen LogP contribution in [0.4, 0.5) is 14.5 Å². The van der Waals surface area contributed by atoms with E-state index in [1.165, 1.54) is 12.1 Å². The van der Waals surface area contributed by atoms with Gasteiger partial charge in [-0.15, -0.1) is 0 Å². The van der Waals surface area contributed by atoms with Crippen molar-refractivity contribution in [2.24, 2.45) is 5.41 Å². The summed E-state index contributed by atoms with van der Waals surface area (Å²) in [5.74, 6) is -2.69. The molecule has 0 heterocycles. The SMILES string of the molecule is N#CC1(C(=O)Nc2cccc(F)c2F)CCC1. The summed E-state index contributed by atoms with van der Waals surface area (Å²) in [7, 11) is 0. The van der Waals surface area contributed by atoms with Crippen LogP contribution in [0.3, 0.4) is 0 Å². The smallest absolute Gasteiger partial charge is 0.244 e.